The maximum absolute atomic E-state index is 12.8. The van der Waals surface area contributed by atoms with Crippen molar-refractivity contribution in [1.82, 2.24) is 19.5 Å². The van der Waals surface area contributed by atoms with Gasteiger partial charge in [0.1, 0.15) is 5.69 Å². The number of ether oxygens (including phenoxy) is 1. The predicted molar refractivity (Wildman–Crippen MR) is 92.8 cm³/mol. The van der Waals surface area contributed by atoms with Gasteiger partial charge in [0.2, 0.25) is 0 Å². The fraction of sp³-hybridized carbons (Fsp3) is 0.611. The lowest BCUT2D eigenvalue weighted by molar-refractivity contribution is 0.0467. The number of nitrogens with one attached hydrogen (secondary N) is 1. The molecule has 4 heterocycles. The van der Waals surface area contributed by atoms with E-state index in [-0.39, 0.29) is 16.9 Å². The number of rotatable bonds is 2. The third-order valence-corrected chi connectivity index (χ3v) is 5.17. The van der Waals surface area contributed by atoms with Crippen molar-refractivity contribution in [3.63, 3.8) is 0 Å². The van der Waals surface area contributed by atoms with E-state index in [1.807, 2.05) is 6.07 Å². The first-order valence-electron chi connectivity index (χ1n) is 8.87. The van der Waals surface area contributed by atoms with Crippen molar-refractivity contribution in [2.45, 2.75) is 45.6 Å². The van der Waals surface area contributed by atoms with Crippen LogP contribution in [0.3, 0.4) is 0 Å². The summed E-state index contributed by atoms with van der Waals surface area (Å²) in [6, 6.07) is 1.86. The van der Waals surface area contributed by atoms with E-state index < -0.39 is 0 Å². The number of hydrogen-bond acceptors (Lipinski definition) is 4. The van der Waals surface area contributed by atoms with Crippen molar-refractivity contribution >= 4 is 11.6 Å². The monoisotopic (exact) mass is 344 g/mol. The number of aromatic nitrogens is 3. The van der Waals surface area contributed by atoms with E-state index >= 15 is 0 Å². The van der Waals surface area contributed by atoms with Crippen LogP contribution in [-0.2, 0) is 16.7 Å². The van der Waals surface area contributed by atoms with Crippen molar-refractivity contribution in [3.05, 3.63) is 33.4 Å². The molecule has 0 aliphatic carbocycles. The summed E-state index contributed by atoms with van der Waals surface area (Å²) in [7, 11) is 0. The Labute approximate surface area is 146 Å². The largest absolute Gasteiger partial charge is 0.381 e. The van der Waals surface area contributed by atoms with Crippen LogP contribution in [0.15, 0.2) is 10.9 Å². The van der Waals surface area contributed by atoms with Crippen molar-refractivity contribution in [1.29, 1.82) is 0 Å². The molecule has 4 rings (SSSR count). The van der Waals surface area contributed by atoms with Gasteiger partial charge in [-0.05, 0) is 18.8 Å². The van der Waals surface area contributed by atoms with Gasteiger partial charge < -0.3 is 9.64 Å². The quantitative estimate of drug-likeness (QED) is 0.899. The van der Waals surface area contributed by atoms with Gasteiger partial charge in [-0.1, -0.05) is 20.8 Å². The van der Waals surface area contributed by atoms with Gasteiger partial charge in [0.25, 0.3) is 11.5 Å². The Hall–Kier alpha value is -2.15. The second-order valence-corrected chi connectivity index (χ2v) is 8.10. The normalized spacial score (nSPS) is 19.0. The van der Waals surface area contributed by atoms with Gasteiger partial charge in [-0.15, -0.1) is 0 Å². The minimum Gasteiger partial charge on any atom is -0.381 e. The van der Waals surface area contributed by atoms with Gasteiger partial charge in [0, 0.05) is 36.9 Å². The first-order valence-corrected chi connectivity index (χ1v) is 8.87. The first kappa shape index (κ1) is 16.3. The van der Waals surface area contributed by atoms with Crippen LogP contribution >= 0.6 is 0 Å². The maximum atomic E-state index is 12.8. The summed E-state index contributed by atoms with van der Waals surface area (Å²) < 4.78 is 6.84. The molecule has 2 aliphatic rings. The van der Waals surface area contributed by atoms with E-state index in [1.54, 1.807) is 4.90 Å². The van der Waals surface area contributed by atoms with E-state index in [0.29, 0.717) is 35.9 Å². The Balaban J connectivity index is 1.67. The molecule has 0 atom stereocenters. The lowest BCUT2D eigenvalue weighted by Crippen LogP contribution is -2.33. The highest BCUT2D eigenvalue weighted by molar-refractivity contribution is 5.96. The minimum absolute atomic E-state index is 0.121. The average Bonchev–Trinajstić information content (AvgIpc) is 3.13. The second kappa shape index (κ2) is 5.69. The number of hydrogen-bond donors (Lipinski definition) is 1. The molecule has 0 radical (unpaired) electrons. The molecule has 0 bridgehead atoms. The van der Waals surface area contributed by atoms with E-state index in [1.165, 1.54) is 4.52 Å². The third kappa shape index (κ3) is 2.76. The molecule has 7 nitrogen and oxygen atoms in total. The summed E-state index contributed by atoms with van der Waals surface area (Å²) in [5.41, 5.74) is 1.96. The molecule has 0 aromatic carbocycles. The molecule has 1 amide bonds. The summed E-state index contributed by atoms with van der Waals surface area (Å²) in [4.78, 5) is 31.8. The van der Waals surface area contributed by atoms with Crippen LogP contribution in [0.5, 0.6) is 0 Å². The van der Waals surface area contributed by atoms with Crippen LogP contribution in [0.1, 0.15) is 55.4 Å². The van der Waals surface area contributed by atoms with Crippen molar-refractivity contribution < 1.29 is 9.53 Å². The molecule has 1 N–H and O–H groups in total. The van der Waals surface area contributed by atoms with Gasteiger partial charge in [0.05, 0.1) is 12.1 Å². The van der Waals surface area contributed by atoms with Crippen LogP contribution in [0, 0.1) is 5.92 Å². The number of amides is 1. The highest BCUT2D eigenvalue weighted by Gasteiger charge is 2.34. The summed E-state index contributed by atoms with van der Waals surface area (Å²) in [5.74, 6) is 0.312. The summed E-state index contributed by atoms with van der Waals surface area (Å²) in [6.07, 6.45) is 1.92. The fourth-order valence-corrected chi connectivity index (χ4v) is 3.56. The van der Waals surface area contributed by atoms with E-state index in [0.717, 1.165) is 31.7 Å². The van der Waals surface area contributed by atoms with Gasteiger partial charge >= 0.3 is 0 Å². The molecule has 0 unspecified atom stereocenters. The second-order valence-electron chi connectivity index (χ2n) is 8.10. The fourth-order valence-electron chi connectivity index (χ4n) is 3.56. The third-order valence-electron chi connectivity index (χ3n) is 5.17. The van der Waals surface area contributed by atoms with E-state index in [9.17, 15) is 9.59 Å². The number of carbonyl (C=O) groups is 1. The van der Waals surface area contributed by atoms with Crippen LogP contribution < -0.4 is 5.56 Å². The zero-order valence-electron chi connectivity index (χ0n) is 15.0. The lowest BCUT2D eigenvalue weighted by atomic mass is 9.93. The Morgan fingerprint density at radius 3 is 2.68 bits per heavy atom. The molecule has 25 heavy (non-hydrogen) atoms. The van der Waals surface area contributed by atoms with Gasteiger partial charge in [-0.25, -0.2) is 9.50 Å². The van der Waals surface area contributed by atoms with Crippen molar-refractivity contribution in [2.75, 3.05) is 19.8 Å². The predicted octanol–water partition coefficient (Wildman–Crippen LogP) is 1.70. The van der Waals surface area contributed by atoms with Crippen LogP contribution in [-0.4, -0.2) is 45.2 Å². The lowest BCUT2D eigenvalue weighted by Gasteiger charge is -2.26. The Kier molecular flexibility index (Phi) is 3.72. The molecule has 2 aliphatic heterocycles. The molecular formula is C18H24N4O3. The Bertz CT molecular complexity index is 884. The van der Waals surface area contributed by atoms with Gasteiger partial charge in [-0.3, -0.25) is 14.7 Å². The van der Waals surface area contributed by atoms with Crippen molar-refractivity contribution in [3.8, 4) is 0 Å². The Morgan fingerprint density at radius 1 is 1.28 bits per heavy atom. The maximum Gasteiger partial charge on any atom is 0.278 e. The molecule has 134 valence electrons. The minimum atomic E-state index is -0.168. The number of aromatic amines is 1. The van der Waals surface area contributed by atoms with E-state index in [4.69, 9.17) is 4.74 Å². The molecule has 0 spiro atoms. The molecule has 1 fully saturated rings. The molecule has 1 saturated heterocycles. The number of nitrogens with zero attached hydrogens (tertiary/aromatic N) is 3. The van der Waals surface area contributed by atoms with Crippen LogP contribution in [0.2, 0.25) is 0 Å². The first-order chi connectivity index (χ1) is 11.8. The summed E-state index contributed by atoms with van der Waals surface area (Å²) in [6.45, 7) is 8.72. The number of carbonyl (C=O) groups excluding carboxylic acids is 1. The highest BCUT2D eigenvalue weighted by Crippen LogP contribution is 2.25. The SMILES string of the molecule is CC(C)(C)c1cc2nc3c(c(=O)n2[nH]1)CN(CC1CCOCC1)C3=O. The topological polar surface area (TPSA) is 79.7 Å². The van der Waals surface area contributed by atoms with E-state index in [2.05, 4.69) is 30.9 Å². The zero-order valence-corrected chi connectivity index (χ0v) is 15.0. The zero-order chi connectivity index (χ0) is 17.8. The molecule has 7 heteroatoms. The molecular weight excluding hydrogens is 320 g/mol. The van der Waals surface area contributed by atoms with Gasteiger partial charge in [0.15, 0.2) is 5.65 Å². The average molecular weight is 344 g/mol. The summed E-state index contributed by atoms with van der Waals surface area (Å²) in [5, 5.41) is 3.14. The smallest absolute Gasteiger partial charge is 0.278 e. The number of fused-ring (bicyclic) bond motifs is 2. The Morgan fingerprint density at radius 2 is 2.00 bits per heavy atom. The standard InChI is InChI=1S/C18H24N4O3/c1-18(2,3)13-8-14-19-15-12(16(23)22(14)20-13)10-21(17(15)24)9-11-4-6-25-7-5-11/h8,11,20H,4-7,9-10H2,1-3H3. The van der Waals surface area contributed by atoms with Crippen molar-refractivity contribution in [2.24, 2.45) is 5.92 Å². The summed E-state index contributed by atoms with van der Waals surface area (Å²) >= 11 is 0. The van der Waals surface area contributed by atoms with Crippen LogP contribution in [0.25, 0.3) is 5.65 Å². The number of H-pyrrole nitrogens is 1. The van der Waals surface area contributed by atoms with Crippen LogP contribution in [0.4, 0.5) is 0 Å². The highest BCUT2D eigenvalue weighted by atomic mass is 16.5. The molecule has 2 aromatic rings. The molecule has 0 saturated carbocycles. The molecule has 2 aromatic heterocycles. The van der Waals surface area contributed by atoms with Gasteiger partial charge in [-0.2, -0.15) is 0 Å².